The van der Waals surface area contributed by atoms with Crippen molar-refractivity contribution in [3.8, 4) is 39.4 Å². The van der Waals surface area contributed by atoms with Gasteiger partial charge in [-0.3, -0.25) is 4.40 Å². The number of fused-ring (bicyclic) bond motifs is 1. The summed E-state index contributed by atoms with van der Waals surface area (Å²) in [5.74, 6) is 1.38. The van der Waals surface area contributed by atoms with Gasteiger partial charge in [0.15, 0.2) is 0 Å². The SMILES string of the molecule is COc1cccc(-c2cnc3nc(-c4ccccc4)c(-c4ccc(Cl)cc4Cl)n3c2)c1. The Morgan fingerprint density at radius 2 is 1.65 bits per heavy atom. The number of benzene rings is 3. The average Bonchev–Trinajstić information content (AvgIpc) is 3.18. The molecule has 6 heteroatoms. The van der Waals surface area contributed by atoms with E-state index < -0.39 is 0 Å². The minimum Gasteiger partial charge on any atom is -0.497 e. The Labute approximate surface area is 189 Å². The molecule has 5 aromatic rings. The van der Waals surface area contributed by atoms with Crippen LogP contribution >= 0.6 is 23.2 Å². The zero-order valence-corrected chi connectivity index (χ0v) is 18.1. The van der Waals surface area contributed by atoms with E-state index in [2.05, 4.69) is 4.98 Å². The number of hydrogen-bond donors (Lipinski definition) is 0. The number of nitrogens with zero attached hydrogens (tertiary/aromatic N) is 3. The fourth-order valence-electron chi connectivity index (χ4n) is 3.62. The second-order valence-electron chi connectivity index (χ2n) is 7.04. The molecule has 0 radical (unpaired) electrons. The molecule has 0 aliphatic rings. The van der Waals surface area contributed by atoms with Crippen LogP contribution in [-0.2, 0) is 0 Å². The summed E-state index contributed by atoms with van der Waals surface area (Å²) >= 11 is 12.8. The third-order valence-electron chi connectivity index (χ3n) is 5.12. The molecule has 0 fully saturated rings. The monoisotopic (exact) mass is 445 g/mol. The summed E-state index contributed by atoms with van der Waals surface area (Å²) < 4.78 is 7.35. The molecule has 2 heterocycles. The van der Waals surface area contributed by atoms with Crippen molar-refractivity contribution >= 4 is 29.0 Å². The first-order valence-electron chi connectivity index (χ1n) is 9.67. The maximum absolute atomic E-state index is 6.61. The first-order valence-corrected chi connectivity index (χ1v) is 10.4. The van der Waals surface area contributed by atoms with Gasteiger partial charge >= 0.3 is 0 Å². The predicted octanol–water partition coefficient (Wildman–Crippen LogP) is 7.05. The lowest BCUT2D eigenvalue weighted by Gasteiger charge is -2.10. The number of methoxy groups -OCH3 is 1. The molecule has 0 saturated carbocycles. The predicted molar refractivity (Wildman–Crippen MR) is 126 cm³/mol. The van der Waals surface area contributed by atoms with Gasteiger partial charge in [-0.1, -0.05) is 65.7 Å². The molecule has 0 aliphatic heterocycles. The van der Waals surface area contributed by atoms with Crippen molar-refractivity contribution in [2.24, 2.45) is 0 Å². The number of ether oxygens (including phenoxy) is 1. The molecule has 0 N–H and O–H groups in total. The second kappa shape index (κ2) is 8.06. The van der Waals surface area contributed by atoms with Gasteiger partial charge < -0.3 is 4.74 Å². The Balaban J connectivity index is 1.79. The molecule has 3 aromatic carbocycles. The van der Waals surface area contributed by atoms with Gasteiger partial charge in [0.1, 0.15) is 5.75 Å². The van der Waals surface area contributed by atoms with E-state index in [0.29, 0.717) is 15.8 Å². The molecule has 0 saturated heterocycles. The highest BCUT2D eigenvalue weighted by atomic mass is 35.5. The van der Waals surface area contributed by atoms with Crippen LogP contribution in [-0.4, -0.2) is 21.5 Å². The van der Waals surface area contributed by atoms with Crippen LogP contribution in [0.5, 0.6) is 5.75 Å². The lowest BCUT2D eigenvalue weighted by Crippen LogP contribution is -1.94. The minimum absolute atomic E-state index is 0.554. The fraction of sp³-hybridized carbons (Fsp3) is 0.0400. The molecule has 5 rings (SSSR count). The van der Waals surface area contributed by atoms with Gasteiger partial charge in [0, 0.05) is 34.1 Å². The van der Waals surface area contributed by atoms with Crippen LogP contribution < -0.4 is 4.74 Å². The first-order chi connectivity index (χ1) is 15.1. The van der Waals surface area contributed by atoms with Crippen molar-refractivity contribution in [1.82, 2.24) is 14.4 Å². The fourth-order valence-corrected chi connectivity index (χ4v) is 4.12. The van der Waals surface area contributed by atoms with E-state index in [4.69, 9.17) is 32.9 Å². The van der Waals surface area contributed by atoms with Gasteiger partial charge in [0.2, 0.25) is 5.78 Å². The normalized spacial score (nSPS) is 11.1. The molecule has 2 aromatic heterocycles. The lowest BCUT2D eigenvalue weighted by atomic mass is 10.0. The van der Waals surface area contributed by atoms with Crippen LogP contribution in [0.25, 0.3) is 39.4 Å². The standard InChI is InChI=1S/C25H17Cl2N3O/c1-31-20-9-5-8-17(12-20)18-14-28-25-29-23(16-6-3-2-4-7-16)24(30(25)15-18)21-11-10-19(26)13-22(21)27/h2-15H,1H3. The van der Waals surface area contributed by atoms with E-state index in [0.717, 1.165) is 39.4 Å². The second-order valence-corrected chi connectivity index (χ2v) is 7.89. The summed E-state index contributed by atoms with van der Waals surface area (Å²) in [7, 11) is 1.66. The van der Waals surface area contributed by atoms with Crippen LogP contribution in [0.1, 0.15) is 0 Å². The quantitative estimate of drug-likeness (QED) is 0.297. The third-order valence-corrected chi connectivity index (χ3v) is 5.66. The van der Waals surface area contributed by atoms with E-state index in [1.54, 1.807) is 13.2 Å². The Morgan fingerprint density at radius 3 is 2.42 bits per heavy atom. The molecular formula is C25H17Cl2N3O. The summed E-state index contributed by atoms with van der Waals surface area (Å²) in [5, 5.41) is 1.14. The molecule has 0 amide bonds. The Bertz CT molecular complexity index is 1400. The maximum Gasteiger partial charge on any atom is 0.234 e. The highest BCUT2D eigenvalue weighted by molar-refractivity contribution is 6.36. The molecule has 0 unspecified atom stereocenters. The van der Waals surface area contributed by atoms with E-state index in [1.165, 1.54) is 0 Å². The first kappa shape index (κ1) is 19.6. The minimum atomic E-state index is 0.554. The van der Waals surface area contributed by atoms with Crippen molar-refractivity contribution < 1.29 is 4.74 Å². The largest absolute Gasteiger partial charge is 0.497 e. The summed E-state index contributed by atoms with van der Waals surface area (Å²) in [4.78, 5) is 9.46. The van der Waals surface area contributed by atoms with E-state index >= 15 is 0 Å². The zero-order chi connectivity index (χ0) is 21.4. The highest BCUT2D eigenvalue weighted by Crippen LogP contribution is 2.38. The van der Waals surface area contributed by atoms with Gasteiger partial charge in [-0.05, 0) is 35.9 Å². The van der Waals surface area contributed by atoms with Crippen molar-refractivity contribution in [2.45, 2.75) is 0 Å². The van der Waals surface area contributed by atoms with Crippen molar-refractivity contribution in [1.29, 1.82) is 0 Å². The van der Waals surface area contributed by atoms with Crippen molar-refractivity contribution in [2.75, 3.05) is 7.11 Å². The molecule has 0 spiro atoms. The molecule has 4 nitrogen and oxygen atoms in total. The molecular weight excluding hydrogens is 429 g/mol. The molecule has 31 heavy (non-hydrogen) atoms. The highest BCUT2D eigenvalue weighted by Gasteiger charge is 2.19. The Morgan fingerprint density at radius 1 is 0.839 bits per heavy atom. The topological polar surface area (TPSA) is 39.4 Å². The molecule has 0 aliphatic carbocycles. The molecule has 0 bridgehead atoms. The summed E-state index contributed by atoms with van der Waals surface area (Å²) in [5.41, 5.74) is 5.42. The molecule has 152 valence electrons. The molecule has 0 atom stereocenters. The van der Waals surface area contributed by atoms with Gasteiger partial charge in [-0.15, -0.1) is 0 Å². The zero-order valence-electron chi connectivity index (χ0n) is 16.6. The summed E-state index contributed by atoms with van der Waals surface area (Å²) in [6, 6.07) is 23.4. The summed E-state index contributed by atoms with van der Waals surface area (Å²) in [6.45, 7) is 0. The van der Waals surface area contributed by atoms with Gasteiger partial charge in [-0.2, -0.15) is 0 Å². The lowest BCUT2D eigenvalue weighted by molar-refractivity contribution is 0.415. The van der Waals surface area contributed by atoms with E-state index in [9.17, 15) is 0 Å². The average molecular weight is 446 g/mol. The van der Waals surface area contributed by atoms with Gasteiger partial charge in [-0.25, -0.2) is 9.97 Å². The third kappa shape index (κ3) is 3.65. The Kier molecular flexibility index (Phi) is 5.10. The van der Waals surface area contributed by atoms with Crippen LogP contribution in [0, 0.1) is 0 Å². The number of halogens is 2. The summed E-state index contributed by atoms with van der Waals surface area (Å²) in [6.07, 6.45) is 3.84. The maximum atomic E-state index is 6.61. The van der Waals surface area contributed by atoms with Gasteiger partial charge in [0.25, 0.3) is 0 Å². The number of rotatable bonds is 4. The van der Waals surface area contributed by atoms with Crippen molar-refractivity contribution in [3.63, 3.8) is 0 Å². The Hall–Kier alpha value is -3.34. The van der Waals surface area contributed by atoms with Crippen LogP contribution in [0.4, 0.5) is 0 Å². The van der Waals surface area contributed by atoms with Crippen LogP contribution in [0.2, 0.25) is 10.0 Å². The van der Waals surface area contributed by atoms with Crippen LogP contribution in [0.15, 0.2) is 85.2 Å². The smallest absolute Gasteiger partial charge is 0.234 e. The van der Waals surface area contributed by atoms with Gasteiger partial charge in [0.05, 0.1) is 23.5 Å². The van der Waals surface area contributed by atoms with E-state index in [-0.39, 0.29) is 0 Å². The van der Waals surface area contributed by atoms with Crippen molar-refractivity contribution in [3.05, 3.63) is 95.2 Å². The van der Waals surface area contributed by atoms with Crippen LogP contribution in [0.3, 0.4) is 0 Å². The number of hydrogen-bond acceptors (Lipinski definition) is 3. The number of imidazole rings is 1. The van der Waals surface area contributed by atoms with E-state index in [1.807, 2.05) is 83.5 Å². The number of aromatic nitrogens is 3.